The van der Waals surface area contributed by atoms with E-state index < -0.39 is 0 Å². The minimum Gasteiger partial charge on any atom is -0.354 e. The third-order valence-corrected chi connectivity index (χ3v) is 1.63. The largest absolute Gasteiger partial charge is 0.354 e. The van der Waals surface area contributed by atoms with E-state index in [0.29, 0.717) is 6.54 Å². The van der Waals surface area contributed by atoms with Crippen LogP contribution in [-0.4, -0.2) is 30.5 Å². The number of carbonyl (C=O) groups is 1. The molecule has 0 saturated carbocycles. The van der Waals surface area contributed by atoms with Gasteiger partial charge in [-0.15, -0.1) is 0 Å². The van der Waals surface area contributed by atoms with E-state index in [2.05, 4.69) is 5.32 Å². The Morgan fingerprint density at radius 3 is 2.80 bits per heavy atom. The topological polar surface area (TPSA) is 55.1 Å². The molecule has 0 aromatic rings. The summed E-state index contributed by atoms with van der Waals surface area (Å²) in [5, 5.41) is 2.70. The molecule has 0 unspecified atom stereocenters. The first-order valence-electron chi connectivity index (χ1n) is 3.20. The molecule has 0 aliphatic heterocycles. The molecule has 1 atom stereocenters. The van der Waals surface area contributed by atoms with Crippen molar-refractivity contribution in [1.29, 1.82) is 0 Å². The third-order valence-electron chi connectivity index (χ3n) is 1.02. The standard InChI is InChI=1S/C6H14N2OS/c1-5(7)6(9)8-3-4-10-2/h5H,3-4,7H2,1-2H3,(H,8,9)/t5-/m0/s1. The summed E-state index contributed by atoms with van der Waals surface area (Å²) in [6.45, 7) is 2.38. The lowest BCUT2D eigenvalue weighted by Crippen LogP contribution is -2.39. The predicted octanol–water partition coefficient (Wildman–Crippen LogP) is -0.187. The Kier molecular flexibility index (Phi) is 5.43. The third kappa shape index (κ3) is 4.64. The van der Waals surface area contributed by atoms with Crippen molar-refractivity contribution in [2.24, 2.45) is 5.73 Å². The SMILES string of the molecule is CSCCNC(=O)[C@H](C)N. The van der Waals surface area contributed by atoms with Gasteiger partial charge < -0.3 is 11.1 Å². The smallest absolute Gasteiger partial charge is 0.236 e. The highest BCUT2D eigenvalue weighted by molar-refractivity contribution is 7.98. The van der Waals surface area contributed by atoms with E-state index in [4.69, 9.17) is 5.73 Å². The number of amides is 1. The van der Waals surface area contributed by atoms with E-state index in [1.54, 1.807) is 18.7 Å². The fourth-order valence-electron chi connectivity index (χ4n) is 0.437. The van der Waals surface area contributed by atoms with Crippen LogP contribution in [-0.2, 0) is 4.79 Å². The molecule has 0 aliphatic carbocycles. The number of thioether (sulfide) groups is 1. The van der Waals surface area contributed by atoms with Gasteiger partial charge in [0.2, 0.25) is 5.91 Å². The molecular formula is C6H14N2OS. The van der Waals surface area contributed by atoms with Gasteiger partial charge in [0.1, 0.15) is 0 Å². The van der Waals surface area contributed by atoms with E-state index in [0.717, 1.165) is 5.75 Å². The summed E-state index contributed by atoms with van der Waals surface area (Å²) in [4.78, 5) is 10.8. The molecule has 0 aliphatic rings. The van der Waals surface area contributed by atoms with Gasteiger partial charge in [-0.2, -0.15) is 11.8 Å². The van der Waals surface area contributed by atoms with E-state index in [-0.39, 0.29) is 11.9 Å². The van der Waals surface area contributed by atoms with Crippen LogP contribution >= 0.6 is 11.8 Å². The predicted molar refractivity (Wildman–Crippen MR) is 45.0 cm³/mol. The second-order valence-corrected chi connectivity index (χ2v) is 3.06. The Morgan fingerprint density at radius 2 is 2.40 bits per heavy atom. The number of hydrogen-bond acceptors (Lipinski definition) is 3. The van der Waals surface area contributed by atoms with Gasteiger partial charge in [0.25, 0.3) is 0 Å². The van der Waals surface area contributed by atoms with Crippen molar-refractivity contribution in [3.8, 4) is 0 Å². The number of nitrogens with two attached hydrogens (primary N) is 1. The molecular weight excluding hydrogens is 148 g/mol. The maximum absolute atomic E-state index is 10.8. The van der Waals surface area contributed by atoms with Gasteiger partial charge in [-0.05, 0) is 13.2 Å². The first kappa shape index (κ1) is 9.78. The van der Waals surface area contributed by atoms with Gasteiger partial charge in [0, 0.05) is 12.3 Å². The van der Waals surface area contributed by atoms with Crippen molar-refractivity contribution in [2.75, 3.05) is 18.6 Å². The lowest BCUT2D eigenvalue weighted by molar-refractivity contribution is -0.121. The number of carbonyl (C=O) groups excluding carboxylic acids is 1. The zero-order valence-corrected chi connectivity index (χ0v) is 7.20. The molecule has 0 radical (unpaired) electrons. The van der Waals surface area contributed by atoms with Crippen molar-refractivity contribution in [1.82, 2.24) is 5.32 Å². The zero-order valence-electron chi connectivity index (χ0n) is 6.39. The summed E-state index contributed by atoms with van der Waals surface area (Å²) in [5.41, 5.74) is 5.30. The Bertz CT molecular complexity index is 106. The molecule has 0 rings (SSSR count). The zero-order chi connectivity index (χ0) is 7.98. The molecule has 4 heteroatoms. The van der Waals surface area contributed by atoms with Crippen molar-refractivity contribution in [3.63, 3.8) is 0 Å². The fourth-order valence-corrected chi connectivity index (χ4v) is 0.743. The summed E-state index contributed by atoms with van der Waals surface area (Å²) in [7, 11) is 0. The summed E-state index contributed by atoms with van der Waals surface area (Å²) in [5.74, 6) is 0.868. The van der Waals surface area contributed by atoms with Crippen LogP contribution in [0.15, 0.2) is 0 Å². The molecule has 0 saturated heterocycles. The van der Waals surface area contributed by atoms with Crippen LogP contribution in [0.3, 0.4) is 0 Å². The van der Waals surface area contributed by atoms with Crippen molar-refractivity contribution < 1.29 is 4.79 Å². The average Bonchev–Trinajstić information content (AvgIpc) is 1.88. The summed E-state index contributed by atoms with van der Waals surface area (Å²) >= 11 is 1.70. The molecule has 0 heterocycles. The molecule has 60 valence electrons. The molecule has 0 spiro atoms. The Labute approximate surface area is 65.7 Å². The van der Waals surface area contributed by atoms with Gasteiger partial charge in [-0.3, -0.25) is 4.79 Å². The van der Waals surface area contributed by atoms with Crippen LogP contribution in [0.2, 0.25) is 0 Å². The lowest BCUT2D eigenvalue weighted by atomic mass is 10.3. The lowest BCUT2D eigenvalue weighted by Gasteiger charge is -2.05. The highest BCUT2D eigenvalue weighted by Crippen LogP contribution is 1.87. The van der Waals surface area contributed by atoms with Gasteiger partial charge >= 0.3 is 0 Å². The highest BCUT2D eigenvalue weighted by Gasteiger charge is 2.04. The number of hydrogen-bond donors (Lipinski definition) is 2. The molecule has 10 heavy (non-hydrogen) atoms. The first-order valence-corrected chi connectivity index (χ1v) is 4.60. The van der Waals surface area contributed by atoms with E-state index in [1.165, 1.54) is 0 Å². The van der Waals surface area contributed by atoms with Crippen LogP contribution in [0.25, 0.3) is 0 Å². The van der Waals surface area contributed by atoms with Crippen molar-refractivity contribution >= 4 is 17.7 Å². The molecule has 0 aromatic carbocycles. The molecule has 3 N–H and O–H groups in total. The van der Waals surface area contributed by atoms with Crippen LogP contribution in [0, 0.1) is 0 Å². The molecule has 1 amide bonds. The van der Waals surface area contributed by atoms with Crippen LogP contribution in [0.1, 0.15) is 6.92 Å². The number of rotatable bonds is 4. The van der Waals surface area contributed by atoms with Crippen molar-refractivity contribution in [3.05, 3.63) is 0 Å². The Hall–Kier alpha value is -0.220. The number of nitrogens with one attached hydrogen (secondary N) is 1. The minimum absolute atomic E-state index is 0.0750. The second kappa shape index (κ2) is 5.56. The van der Waals surface area contributed by atoms with E-state index in [1.807, 2.05) is 6.26 Å². The normalized spacial score (nSPS) is 12.7. The van der Waals surface area contributed by atoms with Crippen molar-refractivity contribution in [2.45, 2.75) is 13.0 Å². The Morgan fingerprint density at radius 1 is 1.80 bits per heavy atom. The van der Waals surface area contributed by atoms with Gasteiger partial charge in [-0.1, -0.05) is 0 Å². The van der Waals surface area contributed by atoms with Gasteiger partial charge in [0.15, 0.2) is 0 Å². The molecule has 3 nitrogen and oxygen atoms in total. The molecule has 0 bridgehead atoms. The quantitative estimate of drug-likeness (QED) is 0.563. The van der Waals surface area contributed by atoms with Gasteiger partial charge in [-0.25, -0.2) is 0 Å². The molecule has 0 aromatic heterocycles. The van der Waals surface area contributed by atoms with Gasteiger partial charge in [0.05, 0.1) is 6.04 Å². The van der Waals surface area contributed by atoms with Crippen LogP contribution in [0.4, 0.5) is 0 Å². The summed E-state index contributed by atoms with van der Waals surface area (Å²) < 4.78 is 0. The minimum atomic E-state index is -0.387. The highest BCUT2D eigenvalue weighted by atomic mass is 32.2. The average molecular weight is 162 g/mol. The maximum atomic E-state index is 10.8. The van der Waals surface area contributed by atoms with E-state index in [9.17, 15) is 4.79 Å². The summed E-state index contributed by atoms with van der Waals surface area (Å²) in [6, 6.07) is -0.387. The summed E-state index contributed by atoms with van der Waals surface area (Å²) in [6.07, 6.45) is 2.00. The monoisotopic (exact) mass is 162 g/mol. The van der Waals surface area contributed by atoms with Crippen LogP contribution in [0.5, 0.6) is 0 Å². The second-order valence-electron chi connectivity index (χ2n) is 2.07. The Balaban J connectivity index is 3.22. The first-order chi connectivity index (χ1) is 4.68. The molecule has 0 fully saturated rings. The van der Waals surface area contributed by atoms with Crippen LogP contribution < -0.4 is 11.1 Å². The maximum Gasteiger partial charge on any atom is 0.236 e. The van der Waals surface area contributed by atoms with E-state index >= 15 is 0 Å². The fraction of sp³-hybridized carbons (Fsp3) is 0.833.